The maximum absolute atomic E-state index is 4.69. The first kappa shape index (κ1) is 10.7. The lowest BCUT2D eigenvalue weighted by Gasteiger charge is -2.25. The fourth-order valence-electron chi connectivity index (χ4n) is 2.11. The van der Waals surface area contributed by atoms with Crippen molar-refractivity contribution in [2.75, 3.05) is 13.6 Å². The second kappa shape index (κ2) is 4.45. The Morgan fingerprint density at radius 2 is 2.18 bits per heavy atom. The number of thiazole rings is 1. The molecule has 0 N–H and O–H groups in total. The van der Waals surface area contributed by atoms with Gasteiger partial charge in [-0.3, -0.25) is 0 Å². The molecule has 17 heavy (non-hydrogen) atoms. The lowest BCUT2D eigenvalue weighted by atomic mass is 10.1. The van der Waals surface area contributed by atoms with Crippen molar-refractivity contribution in [2.45, 2.75) is 19.3 Å². The molecule has 1 aromatic heterocycles. The number of likely N-dealkylation sites (tertiary alicyclic amines) is 1. The van der Waals surface area contributed by atoms with Gasteiger partial charge in [0.1, 0.15) is 5.84 Å². The molecular weight excluding hydrogens is 230 g/mol. The zero-order chi connectivity index (χ0) is 11.7. The molecule has 2 aromatic rings. The minimum absolute atomic E-state index is 0.884. The third-order valence-corrected chi connectivity index (χ3v) is 4.02. The van der Waals surface area contributed by atoms with Gasteiger partial charge in [0.25, 0.3) is 0 Å². The lowest BCUT2D eigenvalue weighted by Crippen LogP contribution is -2.31. The van der Waals surface area contributed by atoms with Gasteiger partial charge in [0, 0.05) is 20.0 Å². The Morgan fingerprint density at radius 1 is 1.29 bits per heavy atom. The number of benzene rings is 1. The van der Waals surface area contributed by atoms with E-state index in [4.69, 9.17) is 0 Å². The molecule has 0 atom stereocenters. The van der Waals surface area contributed by atoms with Crippen LogP contribution in [0.4, 0.5) is 5.13 Å². The van der Waals surface area contributed by atoms with Crippen molar-refractivity contribution < 1.29 is 0 Å². The molecule has 0 bridgehead atoms. The standard InChI is InChI=1S/C13H15N3S/c1-16-9-5-4-8-12(16)15-13-14-10-6-2-3-7-11(10)17-13/h2-3,6-7H,4-5,8-9H2,1H3/b15-12+. The molecule has 1 aliphatic heterocycles. The van der Waals surface area contributed by atoms with Gasteiger partial charge in [-0.05, 0) is 25.0 Å². The number of fused-ring (bicyclic) bond motifs is 1. The second-order valence-corrected chi connectivity index (χ2v) is 5.38. The number of para-hydroxylation sites is 1. The third kappa shape index (κ3) is 2.17. The molecule has 2 heterocycles. The van der Waals surface area contributed by atoms with Gasteiger partial charge < -0.3 is 4.90 Å². The number of amidine groups is 1. The summed E-state index contributed by atoms with van der Waals surface area (Å²) in [6.45, 7) is 1.11. The summed E-state index contributed by atoms with van der Waals surface area (Å²) in [5.74, 6) is 1.18. The molecular formula is C13H15N3S. The van der Waals surface area contributed by atoms with Gasteiger partial charge in [-0.2, -0.15) is 0 Å². The van der Waals surface area contributed by atoms with Crippen molar-refractivity contribution in [1.29, 1.82) is 0 Å². The molecule has 0 aliphatic carbocycles. The number of rotatable bonds is 1. The van der Waals surface area contributed by atoms with E-state index in [2.05, 4.69) is 28.0 Å². The molecule has 4 heteroatoms. The average molecular weight is 245 g/mol. The first-order valence-corrected chi connectivity index (χ1v) is 6.79. The summed E-state index contributed by atoms with van der Waals surface area (Å²) >= 11 is 1.67. The van der Waals surface area contributed by atoms with Crippen LogP contribution < -0.4 is 0 Å². The van der Waals surface area contributed by atoms with Crippen molar-refractivity contribution in [1.82, 2.24) is 9.88 Å². The normalized spacial score (nSPS) is 19.1. The summed E-state index contributed by atoms with van der Waals surface area (Å²) in [4.78, 5) is 11.5. The molecule has 1 aliphatic rings. The molecule has 1 fully saturated rings. The van der Waals surface area contributed by atoms with Crippen LogP contribution in [0.15, 0.2) is 29.3 Å². The Labute approximate surface area is 105 Å². The van der Waals surface area contributed by atoms with Crippen LogP contribution in [-0.2, 0) is 0 Å². The van der Waals surface area contributed by atoms with E-state index in [0.29, 0.717) is 0 Å². The van der Waals surface area contributed by atoms with Crippen LogP contribution in [0.5, 0.6) is 0 Å². The maximum atomic E-state index is 4.69. The summed E-state index contributed by atoms with van der Waals surface area (Å²) in [5.41, 5.74) is 1.05. The highest BCUT2D eigenvalue weighted by Gasteiger charge is 2.13. The van der Waals surface area contributed by atoms with Gasteiger partial charge in [0.15, 0.2) is 0 Å². The molecule has 0 saturated carbocycles. The van der Waals surface area contributed by atoms with Gasteiger partial charge in [-0.25, -0.2) is 9.98 Å². The van der Waals surface area contributed by atoms with E-state index in [1.54, 1.807) is 11.3 Å². The molecule has 1 aromatic carbocycles. The van der Waals surface area contributed by atoms with Crippen molar-refractivity contribution in [2.24, 2.45) is 4.99 Å². The summed E-state index contributed by atoms with van der Waals surface area (Å²) < 4.78 is 1.21. The minimum atomic E-state index is 0.884. The number of nitrogens with zero attached hydrogens (tertiary/aromatic N) is 3. The van der Waals surface area contributed by atoms with Crippen LogP contribution in [0.2, 0.25) is 0 Å². The van der Waals surface area contributed by atoms with Crippen molar-refractivity contribution in [3.8, 4) is 0 Å². The number of hydrogen-bond donors (Lipinski definition) is 0. The number of hydrogen-bond acceptors (Lipinski definition) is 3. The van der Waals surface area contributed by atoms with Crippen LogP contribution in [0.3, 0.4) is 0 Å². The first-order valence-electron chi connectivity index (χ1n) is 5.97. The Morgan fingerprint density at radius 3 is 3.00 bits per heavy atom. The molecule has 3 rings (SSSR count). The Kier molecular flexibility index (Phi) is 2.81. The van der Waals surface area contributed by atoms with Gasteiger partial charge in [-0.1, -0.05) is 23.5 Å². The largest absolute Gasteiger partial charge is 0.363 e. The fourth-order valence-corrected chi connectivity index (χ4v) is 2.97. The van der Waals surface area contributed by atoms with E-state index in [-0.39, 0.29) is 0 Å². The lowest BCUT2D eigenvalue weighted by molar-refractivity contribution is 0.434. The Balaban J connectivity index is 1.95. The monoisotopic (exact) mass is 245 g/mol. The van der Waals surface area contributed by atoms with Gasteiger partial charge in [0.05, 0.1) is 10.2 Å². The van der Waals surface area contributed by atoms with Gasteiger partial charge >= 0.3 is 0 Å². The molecule has 0 spiro atoms. The summed E-state index contributed by atoms with van der Waals surface area (Å²) in [7, 11) is 2.12. The predicted octanol–water partition coefficient (Wildman–Crippen LogP) is 3.44. The van der Waals surface area contributed by atoms with Gasteiger partial charge in [0.2, 0.25) is 5.13 Å². The Bertz CT molecular complexity index is 526. The van der Waals surface area contributed by atoms with E-state index in [0.717, 1.165) is 23.6 Å². The molecule has 0 radical (unpaired) electrons. The van der Waals surface area contributed by atoms with E-state index in [1.165, 1.54) is 23.4 Å². The summed E-state index contributed by atoms with van der Waals surface area (Å²) in [6, 6.07) is 8.21. The maximum Gasteiger partial charge on any atom is 0.211 e. The van der Waals surface area contributed by atoms with Crippen LogP contribution in [-0.4, -0.2) is 29.3 Å². The molecule has 1 saturated heterocycles. The third-order valence-electron chi connectivity index (χ3n) is 3.09. The highest BCUT2D eigenvalue weighted by Crippen LogP contribution is 2.28. The van der Waals surface area contributed by atoms with Crippen LogP contribution in [0.1, 0.15) is 19.3 Å². The SMILES string of the molecule is CN1CCCC/C1=N\c1nc2ccccc2s1. The number of aromatic nitrogens is 1. The van der Waals surface area contributed by atoms with E-state index >= 15 is 0 Å². The smallest absolute Gasteiger partial charge is 0.211 e. The molecule has 3 nitrogen and oxygen atoms in total. The molecule has 0 unspecified atom stereocenters. The highest BCUT2D eigenvalue weighted by molar-refractivity contribution is 7.22. The quantitative estimate of drug-likeness (QED) is 0.770. The summed E-state index contributed by atoms with van der Waals surface area (Å²) in [6.07, 6.45) is 3.59. The van der Waals surface area contributed by atoms with Crippen LogP contribution in [0, 0.1) is 0 Å². The number of aliphatic imine (C=N–C) groups is 1. The van der Waals surface area contributed by atoms with E-state index < -0.39 is 0 Å². The number of piperidine rings is 1. The zero-order valence-corrected chi connectivity index (χ0v) is 10.7. The van der Waals surface area contributed by atoms with Crippen molar-refractivity contribution >= 4 is 32.5 Å². The van der Waals surface area contributed by atoms with Crippen molar-refractivity contribution in [3.63, 3.8) is 0 Å². The van der Waals surface area contributed by atoms with E-state index in [1.807, 2.05) is 18.2 Å². The fraction of sp³-hybridized carbons (Fsp3) is 0.385. The van der Waals surface area contributed by atoms with Gasteiger partial charge in [-0.15, -0.1) is 0 Å². The van der Waals surface area contributed by atoms with Crippen LogP contribution >= 0.6 is 11.3 Å². The predicted molar refractivity (Wildman–Crippen MR) is 73.2 cm³/mol. The summed E-state index contributed by atoms with van der Waals surface area (Å²) in [5, 5.41) is 0.884. The second-order valence-electron chi connectivity index (χ2n) is 4.37. The topological polar surface area (TPSA) is 28.5 Å². The average Bonchev–Trinajstić information content (AvgIpc) is 2.74. The zero-order valence-electron chi connectivity index (χ0n) is 9.89. The highest BCUT2D eigenvalue weighted by atomic mass is 32.1. The first-order chi connectivity index (χ1) is 8.33. The molecule has 88 valence electrons. The van der Waals surface area contributed by atoms with E-state index in [9.17, 15) is 0 Å². The molecule has 0 amide bonds. The minimum Gasteiger partial charge on any atom is -0.363 e. The van der Waals surface area contributed by atoms with Crippen molar-refractivity contribution in [3.05, 3.63) is 24.3 Å². The van der Waals surface area contributed by atoms with Crippen LogP contribution in [0.25, 0.3) is 10.2 Å². The Hall–Kier alpha value is -1.42.